The summed E-state index contributed by atoms with van der Waals surface area (Å²) in [6.45, 7) is 1.13. The number of ether oxygens (including phenoxy) is 1. The van der Waals surface area contributed by atoms with Crippen LogP contribution in [0.5, 0.6) is 0 Å². The summed E-state index contributed by atoms with van der Waals surface area (Å²) >= 11 is 0. The Labute approximate surface area is 114 Å². The molecule has 0 amide bonds. The van der Waals surface area contributed by atoms with Gasteiger partial charge in [-0.1, -0.05) is 6.08 Å². The molecule has 130 valence electrons. The molecule has 0 aromatic carbocycles. The number of alkyl halides is 10. The first-order chi connectivity index (χ1) is 9.50. The summed E-state index contributed by atoms with van der Waals surface area (Å²) < 4.78 is 142. The molecular formula is C9H5F11O2. The maximum Gasteiger partial charge on any atom is 0.426 e. The molecule has 0 aliphatic carbocycles. The Hall–Kier alpha value is -1.40. The molecule has 2 nitrogen and oxygen atoms in total. The molecule has 0 aromatic heterocycles. The minimum Gasteiger partial charge on any atom is -0.311 e. The van der Waals surface area contributed by atoms with Gasteiger partial charge in [0.05, 0.1) is 6.61 Å². The van der Waals surface area contributed by atoms with Crippen molar-refractivity contribution in [3.63, 3.8) is 0 Å². The number of carbonyl (C=O) groups excluding carboxylic acids is 1. The van der Waals surface area contributed by atoms with Gasteiger partial charge in [-0.15, -0.1) is 6.58 Å². The van der Waals surface area contributed by atoms with Crippen LogP contribution in [0.3, 0.4) is 0 Å². The second-order valence-electron chi connectivity index (χ2n) is 3.69. The van der Waals surface area contributed by atoms with E-state index in [1.54, 1.807) is 0 Å². The van der Waals surface area contributed by atoms with E-state index in [4.69, 9.17) is 0 Å². The SMILES string of the molecule is C=CCOC(F)(F)C(F)(F)C(F)(F)C(F)(F)C(F)(F)C(=O)F. The van der Waals surface area contributed by atoms with Gasteiger partial charge in [0.2, 0.25) is 0 Å². The third-order valence-corrected chi connectivity index (χ3v) is 2.18. The van der Waals surface area contributed by atoms with Crippen molar-refractivity contribution < 1.29 is 57.8 Å². The number of halogens is 11. The third kappa shape index (κ3) is 2.77. The average molecular weight is 354 g/mol. The lowest BCUT2D eigenvalue weighted by molar-refractivity contribution is -0.440. The fourth-order valence-corrected chi connectivity index (χ4v) is 0.955. The fraction of sp³-hybridized carbons (Fsp3) is 0.667. The molecule has 0 aliphatic heterocycles. The van der Waals surface area contributed by atoms with E-state index < -0.39 is 42.4 Å². The Morgan fingerprint density at radius 3 is 1.59 bits per heavy atom. The van der Waals surface area contributed by atoms with Gasteiger partial charge in [0, 0.05) is 0 Å². The van der Waals surface area contributed by atoms with E-state index in [1.165, 1.54) is 0 Å². The minimum absolute atomic E-state index is 0.333. The van der Waals surface area contributed by atoms with E-state index in [-0.39, 0.29) is 0 Å². The van der Waals surface area contributed by atoms with Crippen molar-refractivity contribution in [2.24, 2.45) is 0 Å². The highest BCUT2D eigenvalue weighted by Gasteiger charge is 2.88. The lowest BCUT2D eigenvalue weighted by Gasteiger charge is -2.37. The van der Waals surface area contributed by atoms with Crippen LogP contribution in [0.15, 0.2) is 12.7 Å². The Morgan fingerprint density at radius 2 is 1.27 bits per heavy atom. The van der Waals surface area contributed by atoms with E-state index in [0.717, 1.165) is 0 Å². The van der Waals surface area contributed by atoms with Crippen molar-refractivity contribution in [2.75, 3.05) is 6.61 Å². The zero-order valence-electron chi connectivity index (χ0n) is 9.97. The van der Waals surface area contributed by atoms with Gasteiger partial charge >= 0.3 is 35.8 Å². The molecular weight excluding hydrogens is 349 g/mol. The summed E-state index contributed by atoms with van der Waals surface area (Å²) in [5.74, 6) is -29.2. The van der Waals surface area contributed by atoms with Gasteiger partial charge in [0.25, 0.3) is 0 Å². The second kappa shape index (κ2) is 5.66. The smallest absolute Gasteiger partial charge is 0.311 e. The molecule has 13 heteroatoms. The molecule has 0 N–H and O–H groups in total. The summed E-state index contributed by atoms with van der Waals surface area (Å²) in [5, 5.41) is 0. The number of hydrogen-bond donors (Lipinski definition) is 0. The maximum atomic E-state index is 12.9. The Bertz CT molecular complexity index is 443. The predicted octanol–water partition coefficient (Wildman–Crippen LogP) is 3.82. The number of carbonyl (C=O) groups is 1. The summed E-state index contributed by atoms with van der Waals surface area (Å²) in [6, 6.07) is -4.41. The maximum absolute atomic E-state index is 12.9. The first-order valence-electron chi connectivity index (χ1n) is 4.84. The first-order valence-corrected chi connectivity index (χ1v) is 4.84. The number of rotatable bonds is 8. The largest absolute Gasteiger partial charge is 0.426 e. The van der Waals surface area contributed by atoms with Crippen LogP contribution in [-0.2, 0) is 9.53 Å². The lowest BCUT2D eigenvalue weighted by atomic mass is 9.98. The van der Waals surface area contributed by atoms with Crippen molar-refractivity contribution in [3.05, 3.63) is 12.7 Å². The molecule has 0 saturated carbocycles. The molecule has 0 rings (SSSR count). The fourth-order valence-electron chi connectivity index (χ4n) is 0.955. The quantitative estimate of drug-likeness (QED) is 0.376. The van der Waals surface area contributed by atoms with E-state index in [9.17, 15) is 53.1 Å². The summed E-state index contributed by atoms with van der Waals surface area (Å²) in [5.41, 5.74) is 0. The average Bonchev–Trinajstić information content (AvgIpc) is 2.35. The van der Waals surface area contributed by atoms with Crippen molar-refractivity contribution in [3.8, 4) is 0 Å². The standard InChI is InChI=1S/C9H5F11O2/c1-2-3-22-9(19,20)8(17,18)7(15,16)6(13,14)5(11,12)4(10)21/h2H,1,3H2. The van der Waals surface area contributed by atoms with Gasteiger partial charge in [-0.3, -0.25) is 4.79 Å². The highest BCUT2D eigenvalue weighted by molar-refractivity contribution is 5.78. The topological polar surface area (TPSA) is 26.3 Å². The molecule has 0 spiro atoms. The normalized spacial score (nSPS) is 14.9. The molecule has 0 radical (unpaired) electrons. The van der Waals surface area contributed by atoms with E-state index in [2.05, 4.69) is 11.3 Å². The zero-order chi connectivity index (χ0) is 18.2. The van der Waals surface area contributed by atoms with Crippen molar-refractivity contribution in [1.29, 1.82) is 0 Å². The Morgan fingerprint density at radius 1 is 0.864 bits per heavy atom. The van der Waals surface area contributed by atoms with Gasteiger partial charge < -0.3 is 4.74 Å². The van der Waals surface area contributed by atoms with Crippen LogP contribution >= 0.6 is 0 Å². The summed E-state index contributed by atoms with van der Waals surface area (Å²) in [7, 11) is 0. The lowest BCUT2D eigenvalue weighted by Crippen LogP contribution is -2.68. The second-order valence-corrected chi connectivity index (χ2v) is 3.69. The zero-order valence-corrected chi connectivity index (χ0v) is 9.97. The molecule has 0 aromatic rings. The van der Waals surface area contributed by atoms with E-state index in [0.29, 0.717) is 6.08 Å². The molecule has 0 fully saturated rings. The van der Waals surface area contributed by atoms with Gasteiger partial charge in [-0.25, -0.2) is 0 Å². The van der Waals surface area contributed by atoms with Crippen LogP contribution in [0.1, 0.15) is 0 Å². The minimum atomic E-state index is -7.55. The van der Waals surface area contributed by atoms with Crippen molar-refractivity contribution in [1.82, 2.24) is 0 Å². The van der Waals surface area contributed by atoms with Crippen LogP contribution in [0.4, 0.5) is 48.3 Å². The Balaban J connectivity index is 5.98. The summed E-state index contributed by atoms with van der Waals surface area (Å²) in [6.07, 6.45) is -6.02. The molecule has 0 atom stereocenters. The van der Waals surface area contributed by atoms with Crippen LogP contribution in [-0.4, -0.2) is 42.4 Å². The predicted molar refractivity (Wildman–Crippen MR) is 47.0 cm³/mol. The molecule has 22 heavy (non-hydrogen) atoms. The first kappa shape index (κ1) is 20.6. The highest BCUT2D eigenvalue weighted by atomic mass is 19.4. The van der Waals surface area contributed by atoms with Crippen LogP contribution in [0, 0.1) is 0 Å². The van der Waals surface area contributed by atoms with E-state index in [1.807, 2.05) is 0 Å². The summed E-state index contributed by atoms with van der Waals surface area (Å²) in [4.78, 5) is 9.60. The third-order valence-electron chi connectivity index (χ3n) is 2.18. The number of hydrogen-bond acceptors (Lipinski definition) is 2. The molecule has 0 saturated heterocycles. The molecule has 0 unspecified atom stereocenters. The van der Waals surface area contributed by atoms with E-state index >= 15 is 0 Å². The van der Waals surface area contributed by atoms with Crippen LogP contribution in [0.25, 0.3) is 0 Å². The van der Waals surface area contributed by atoms with Gasteiger partial charge in [-0.2, -0.15) is 48.3 Å². The van der Waals surface area contributed by atoms with Crippen LogP contribution in [0.2, 0.25) is 0 Å². The molecule has 0 heterocycles. The Kier molecular flexibility index (Phi) is 5.30. The van der Waals surface area contributed by atoms with Gasteiger partial charge in [0.1, 0.15) is 0 Å². The van der Waals surface area contributed by atoms with Crippen LogP contribution < -0.4 is 0 Å². The van der Waals surface area contributed by atoms with Crippen molar-refractivity contribution in [2.45, 2.75) is 29.8 Å². The highest BCUT2D eigenvalue weighted by Crippen LogP contribution is 2.57. The molecule has 0 aliphatic rings. The van der Waals surface area contributed by atoms with Gasteiger partial charge in [0.15, 0.2) is 0 Å². The van der Waals surface area contributed by atoms with Gasteiger partial charge in [-0.05, 0) is 0 Å². The molecule has 0 bridgehead atoms. The van der Waals surface area contributed by atoms with Crippen molar-refractivity contribution >= 4 is 6.04 Å². The monoisotopic (exact) mass is 354 g/mol.